The summed E-state index contributed by atoms with van der Waals surface area (Å²) in [6.07, 6.45) is 2.91. The van der Waals surface area contributed by atoms with E-state index in [-0.39, 0.29) is 6.04 Å². The highest BCUT2D eigenvalue weighted by Gasteiger charge is 2.06. The van der Waals surface area contributed by atoms with E-state index in [9.17, 15) is 0 Å². The van der Waals surface area contributed by atoms with Gasteiger partial charge in [0, 0.05) is 12.6 Å². The van der Waals surface area contributed by atoms with Crippen molar-refractivity contribution in [3.63, 3.8) is 0 Å². The van der Waals surface area contributed by atoms with Crippen molar-refractivity contribution in [2.45, 2.75) is 19.4 Å². The van der Waals surface area contributed by atoms with Crippen LogP contribution in [-0.2, 0) is 6.42 Å². The van der Waals surface area contributed by atoms with Crippen LogP contribution in [0.1, 0.15) is 24.1 Å². The largest absolute Gasteiger partial charge is 0.289 e. The lowest BCUT2D eigenvalue weighted by Crippen LogP contribution is -1.94. The Hall–Kier alpha value is -2.93. The summed E-state index contributed by atoms with van der Waals surface area (Å²) in [7, 11) is 0. The van der Waals surface area contributed by atoms with Gasteiger partial charge in [-0.2, -0.15) is 0 Å². The number of rotatable bonds is 4. The average Bonchev–Trinajstić information content (AvgIpc) is 2.67. The summed E-state index contributed by atoms with van der Waals surface area (Å²) in [4.78, 5) is 4.79. The molecule has 0 saturated heterocycles. The monoisotopic (exact) mass is 323 g/mol. The van der Waals surface area contributed by atoms with Crippen LogP contribution in [0, 0.1) is 0 Å². The molecule has 0 aliphatic rings. The molecule has 1 atom stereocenters. The normalized spacial score (nSPS) is 12.8. The summed E-state index contributed by atoms with van der Waals surface area (Å²) in [5, 5.41) is 5.14. The highest BCUT2D eigenvalue weighted by Crippen LogP contribution is 2.26. The third-order valence-corrected chi connectivity index (χ3v) is 4.74. The average molecular weight is 323 g/mol. The third kappa shape index (κ3) is 3.32. The van der Waals surface area contributed by atoms with Crippen molar-refractivity contribution in [1.82, 2.24) is 0 Å². The van der Waals surface area contributed by atoms with Crippen LogP contribution >= 0.6 is 0 Å². The van der Waals surface area contributed by atoms with Gasteiger partial charge in [-0.25, -0.2) is 0 Å². The van der Waals surface area contributed by atoms with Gasteiger partial charge in [0.15, 0.2) is 0 Å². The van der Waals surface area contributed by atoms with E-state index in [1.807, 2.05) is 0 Å². The second-order valence-electron chi connectivity index (χ2n) is 6.46. The van der Waals surface area contributed by atoms with Gasteiger partial charge >= 0.3 is 0 Å². The highest BCUT2D eigenvalue weighted by molar-refractivity contribution is 5.86. The Morgan fingerprint density at radius 1 is 0.760 bits per heavy atom. The van der Waals surface area contributed by atoms with Crippen LogP contribution < -0.4 is 0 Å². The van der Waals surface area contributed by atoms with Gasteiger partial charge in [-0.05, 0) is 39.6 Å². The molecule has 0 aliphatic carbocycles. The van der Waals surface area contributed by atoms with Gasteiger partial charge in [0.05, 0.1) is 6.04 Å². The van der Waals surface area contributed by atoms with Gasteiger partial charge < -0.3 is 0 Å². The van der Waals surface area contributed by atoms with Crippen LogP contribution in [0.3, 0.4) is 0 Å². The molecule has 1 nitrogen and oxygen atoms in total. The molecule has 4 aromatic carbocycles. The van der Waals surface area contributed by atoms with Crippen LogP contribution in [0.2, 0.25) is 0 Å². The van der Waals surface area contributed by atoms with Gasteiger partial charge in [0.2, 0.25) is 0 Å². The lowest BCUT2D eigenvalue weighted by Gasteiger charge is -2.10. The van der Waals surface area contributed by atoms with Crippen molar-refractivity contribution >= 4 is 27.8 Å². The standard InChI is InChI=1S/C24H21N/c1-18(23-12-6-10-21-8-4-5-11-24(21)23)25-16-15-19-13-14-20-7-2-3-9-22(20)17-19/h2-14,16-18H,15H2,1H3. The quantitative estimate of drug-likeness (QED) is 0.387. The van der Waals surface area contributed by atoms with E-state index < -0.39 is 0 Å². The lowest BCUT2D eigenvalue weighted by atomic mass is 10.00. The molecule has 0 amide bonds. The van der Waals surface area contributed by atoms with E-state index in [1.165, 1.54) is 32.7 Å². The molecule has 25 heavy (non-hydrogen) atoms. The molecule has 0 fully saturated rings. The second kappa shape index (κ2) is 6.90. The number of benzene rings is 4. The Balaban J connectivity index is 1.54. The van der Waals surface area contributed by atoms with Gasteiger partial charge in [-0.15, -0.1) is 0 Å². The Morgan fingerprint density at radius 3 is 2.36 bits per heavy atom. The number of nitrogens with zero attached hydrogens (tertiary/aromatic N) is 1. The highest BCUT2D eigenvalue weighted by atomic mass is 14.8. The topological polar surface area (TPSA) is 12.4 Å². The van der Waals surface area contributed by atoms with Crippen molar-refractivity contribution in [1.29, 1.82) is 0 Å². The molecule has 1 unspecified atom stereocenters. The van der Waals surface area contributed by atoms with Crippen LogP contribution in [0.25, 0.3) is 21.5 Å². The molecule has 0 spiro atoms. The molecule has 122 valence electrons. The molecule has 4 aromatic rings. The predicted molar refractivity (Wildman–Crippen MR) is 109 cm³/mol. The molecule has 0 bridgehead atoms. The molecule has 4 rings (SSSR count). The van der Waals surface area contributed by atoms with Crippen LogP contribution in [-0.4, -0.2) is 6.21 Å². The van der Waals surface area contributed by atoms with Crippen molar-refractivity contribution in [3.8, 4) is 0 Å². The minimum Gasteiger partial charge on any atom is -0.289 e. The fraction of sp³-hybridized carbons (Fsp3) is 0.125. The Kier molecular flexibility index (Phi) is 4.30. The van der Waals surface area contributed by atoms with Gasteiger partial charge in [0.1, 0.15) is 0 Å². The number of fused-ring (bicyclic) bond motifs is 2. The Bertz CT molecular complexity index is 1040. The minimum absolute atomic E-state index is 0.159. The van der Waals surface area contributed by atoms with Crippen LogP contribution in [0.15, 0.2) is 89.9 Å². The first-order valence-corrected chi connectivity index (χ1v) is 8.78. The summed E-state index contributed by atoms with van der Waals surface area (Å²) in [5.74, 6) is 0. The van der Waals surface area contributed by atoms with Crippen molar-refractivity contribution in [3.05, 3.63) is 96.1 Å². The zero-order valence-electron chi connectivity index (χ0n) is 14.4. The van der Waals surface area contributed by atoms with E-state index >= 15 is 0 Å². The molecule has 1 heteroatoms. The number of hydrogen-bond acceptors (Lipinski definition) is 1. The summed E-state index contributed by atoms with van der Waals surface area (Å²) in [6, 6.07) is 30.2. The van der Waals surface area contributed by atoms with Gasteiger partial charge in [-0.3, -0.25) is 4.99 Å². The summed E-state index contributed by atoms with van der Waals surface area (Å²) in [5.41, 5.74) is 2.58. The van der Waals surface area contributed by atoms with E-state index in [2.05, 4.69) is 98.1 Å². The molecule has 0 aliphatic heterocycles. The zero-order valence-corrected chi connectivity index (χ0v) is 14.4. The predicted octanol–water partition coefficient (Wildman–Crippen LogP) is 6.37. The second-order valence-corrected chi connectivity index (χ2v) is 6.46. The van der Waals surface area contributed by atoms with Crippen LogP contribution in [0.5, 0.6) is 0 Å². The number of aliphatic imine (C=N–C) groups is 1. The molecular formula is C24H21N. The maximum Gasteiger partial charge on any atom is 0.0723 e. The van der Waals surface area contributed by atoms with E-state index in [4.69, 9.17) is 4.99 Å². The van der Waals surface area contributed by atoms with Crippen LogP contribution in [0.4, 0.5) is 0 Å². The SMILES string of the molecule is CC(N=CCc1ccc2ccccc2c1)c1cccc2ccccc12. The molecule has 0 heterocycles. The van der Waals surface area contributed by atoms with Crippen molar-refractivity contribution < 1.29 is 0 Å². The summed E-state index contributed by atoms with van der Waals surface area (Å²) in [6.45, 7) is 2.17. The van der Waals surface area contributed by atoms with Crippen molar-refractivity contribution in [2.24, 2.45) is 4.99 Å². The lowest BCUT2D eigenvalue weighted by molar-refractivity contribution is 0.830. The first-order valence-electron chi connectivity index (χ1n) is 8.78. The minimum atomic E-state index is 0.159. The third-order valence-electron chi connectivity index (χ3n) is 4.74. The molecule has 0 aromatic heterocycles. The van der Waals surface area contributed by atoms with Crippen molar-refractivity contribution in [2.75, 3.05) is 0 Å². The Morgan fingerprint density at radius 2 is 1.48 bits per heavy atom. The molecule has 0 N–H and O–H groups in total. The van der Waals surface area contributed by atoms with Gasteiger partial charge in [-0.1, -0.05) is 84.9 Å². The maximum absolute atomic E-state index is 4.79. The van der Waals surface area contributed by atoms with E-state index in [0.29, 0.717) is 0 Å². The fourth-order valence-corrected chi connectivity index (χ4v) is 3.38. The van der Waals surface area contributed by atoms with E-state index in [1.54, 1.807) is 0 Å². The first kappa shape index (κ1) is 15.6. The Labute approximate surface area is 148 Å². The number of hydrogen-bond donors (Lipinski definition) is 0. The zero-order chi connectivity index (χ0) is 17.1. The maximum atomic E-state index is 4.79. The molecule has 0 saturated carbocycles. The summed E-state index contributed by atoms with van der Waals surface area (Å²) < 4.78 is 0. The van der Waals surface area contributed by atoms with E-state index in [0.717, 1.165) is 6.42 Å². The first-order chi connectivity index (χ1) is 12.3. The molecule has 0 radical (unpaired) electrons. The van der Waals surface area contributed by atoms with Gasteiger partial charge in [0.25, 0.3) is 0 Å². The fourth-order valence-electron chi connectivity index (χ4n) is 3.38. The summed E-state index contributed by atoms with van der Waals surface area (Å²) >= 11 is 0. The smallest absolute Gasteiger partial charge is 0.0723 e. The molecular weight excluding hydrogens is 302 g/mol.